The summed E-state index contributed by atoms with van der Waals surface area (Å²) in [6, 6.07) is 14.2. The number of nitro benzene ring substituents is 1. The summed E-state index contributed by atoms with van der Waals surface area (Å²) in [5.74, 6) is -0.256. The SMILES string of the molecule is O=C(C=Cc1ccc([N+](=O)[O-])cc1)NCc1cc(-c2ccccn2)n(C2CCCC2)n1. The van der Waals surface area contributed by atoms with Crippen molar-refractivity contribution in [3.8, 4) is 11.4 Å². The van der Waals surface area contributed by atoms with Crippen LogP contribution in [0.4, 0.5) is 5.69 Å². The standard InChI is InChI=1S/C23H23N5O3/c29-23(13-10-17-8-11-20(12-9-17)28(30)31)25-16-18-15-22(21-7-3-4-14-24-21)27(26-18)19-5-1-2-6-19/h3-4,7-15,19H,1-2,5-6,16H2,(H,25,29). The monoisotopic (exact) mass is 417 g/mol. The summed E-state index contributed by atoms with van der Waals surface area (Å²) in [5.41, 5.74) is 3.35. The minimum atomic E-state index is -0.454. The van der Waals surface area contributed by atoms with Crippen molar-refractivity contribution in [3.63, 3.8) is 0 Å². The molecule has 4 rings (SSSR count). The van der Waals surface area contributed by atoms with E-state index >= 15 is 0 Å². The molecule has 0 atom stereocenters. The van der Waals surface area contributed by atoms with Crippen LogP contribution >= 0.6 is 0 Å². The maximum atomic E-state index is 12.2. The Labute approximate surface area is 179 Å². The number of benzene rings is 1. The second-order valence-corrected chi connectivity index (χ2v) is 7.52. The number of carbonyl (C=O) groups excluding carboxylic acids is 1. The summed E-state index contributed by atoms with van der Waals surface area (Å²) < 4.78 is 2.06. The number of nitrogens with zero attached hydrogens (tertiary/aromatic N) is 4. The third kappa shape index (κ3) is 5.03. The Morgan fingerprint density at radius 1 is 1.19 bits per heavy atom. The zero-order valence-electron chi connectivity index (χ0n) is 17.0. The minimum Gasteiger partial charge on any atom is -0.347 e. The van der Waals surface area contributed by atoms with Gasteiger partial charge in [-0.25, -0.2) is 0 Å². The topological polar surface area (TPSA) is 103 Å². The van der Waals surface area contributed by atoms with Crippen molar-refractivity contribution < 1.29 is 9.72 Å². The lowest BCUT2D eigenvalue weighted by Gasteiger charge is -2.13. The van der Waals surface area contributed by atoms with Gasteiger partial charge in [0.2, 0.25) is 5.91 Å². The summed E-state index contributed by atoms with van der Waals surface area (Å²) in [6.07, 6.45) is 9.41. The van der Waals surface area contributed by atoms with Crippen molar-refractivity contribution in [3.05, 3.63) is 82.2 Å². The van der Waals surface area contributed by atoms with Crippen molar-refractivity contribution in [2.45, 2.75) is 38.3 Å². The number of non-ortho nitro benzene ring substituents is 1. The van der Waals surface area contributed by atoms with E-state index in [1.165, 1.54) is 31.1 Å². The van der Waals surface area contributed by atoms with Gasteiger partial charge in [0.1, 0.15) is 0 Å². The van der Waals surface area contributed by atoms with Crippen molar-refractivity contribution in [2.75, 3.05) is 0 Å². The van der Waals surface area contributed by atoms with Crippen LogP contribution in [0.3, 0.4) is 0 Å². The van der Waals surface area contributed by atoms with Gasteiger partial charge in [-0.2, -0.15) is 5.10 Å². The highest BCUT2D eigenvalue weighted by molar-refractivity contribution is 5.91. The number of nitrogens with one attached hydrogen (secondary N) is 1. The van der Waals surface area contributed by atoms with Crippen LogP contribution < -0.4 is 5.32 Å². The van der Waals surface area contributed by atoms with Gasteiger partial charge in [-0.05, 0) is 54.8 Å². The molecule has 0 bridgehead atoms. The summed E-state index contributed by atoms with van der Waals surface area (Å²) in [7, 11) is 0. The summed E-state index contributed by atoms with van der Waals surface area (Å²) in [5, 5.41) is 18.3. The maximum absolute atomic E-state index is 12.2. The van der Waals surface area contributed by atoms with Crippen LogP contribution in [-0.2, 0) is 11.3 Å². The van der Waals surface area contributed by atoms with E-state index in [1.54, 1.807) is 24.4 Å². The highest BCUT2D eigenvalue weighted by atomic mass is 16.6. The van der Waals surface area contributed by atoms with Crippen LogP contribution in [0.5, 0.6) is 0 Å². The van der Waals surface area contributed by atoms with Gasteiger partial charge in [0.05, 0.1) is 34.6 Å². The first kappa shape index (κ1) is 20.5. The lowest BCUT2D eigenvalue weighted by atomic mass is 10.2. The predicted octanol–water partition coefficient (Wildman–Crippen LogP) is 4.30. The molecular weight excluding hydrogens is 394 g/mol. The molecule has 0 unspecified atom stereocenters. The Hall–Kier alpha value is -3.81. The average molecular weight is 417 g/mol. The molecule has 1 aliphatic carbocycles. The average Bonchev–Trinajstić information content (AvgIpc) is 3.47. The number of aromatic nitrogens is 3. The molecule has 0 radical (unpaired) electrons. The molecule has 1 amide bonds. The first-order chi connectivity index (χ1) is 15.1. The smallest absolute Gasteiger partial charge is 0.269 e. The largest absolute Gasteiger partial charge is 0.347 e. The van der Waals surface area contributed by atoms with Gasteiger partial charge in [0.25, 0.3) is 5.69 Å². The molecule has 1 aromatic carbocycles. The zero-order valence-corrected chi connectivity index (χ0v) is 17.0. The fourth-order valence-electron chi connectivity index (χ4n) is 3.78. The van der Waals surface area contributed by atoms with Gasteiger partial charge in [0, 0.05) is 24.4 Å². The molecule has 1 saturated carbocycles. The molecule has 158 valence electrons. The van der Waals surface area contributed by atoms with Gasteiger partial charge in [0.15, 0.2) is 0 Å². The first-order valence-corrected chi connectivity index (χ1v) is 10.3. The van der Waals surface area contributed by atoms with E-state index in [2.05, 4.69) is 15.0 Å². The lowest BCUT2D eigenvalue weighted by Crippen LogP contribution is -2.20. The number of pyridine rings is 1. The molecule has 31 heavy (non-hydrogen) atoms. The van der Waals surface area contributed by atoms with E-state index in [1.807, 2.05) is 24.3 Å². The van der Waals surface area contributed by atoms with Crippen LogP contribution in [0.1, 0.15) is 43.0 Å². The van der Waals surface area contributed by atoms with E-state index in [0.717, 1.165) is 29.9 Å². The normalized spacial score (nSPS) is 14.2. The molecule has 3 aromatic rings. The Morgan fingerprint density at radius 2 is 1.97 bits per heavy atom. The van der Waals surface area contributed by atoms with Gasteiger partial charge in [-0.1, -0.05) is 18.9 Å². The summed E-state index contributed by atoms with van der Waals surface area (Å²) in [4.78, 5) is 27.0. The number of hydrogen-bond acceptors (Lipinski definition) is 5. The fraction of sp³-hybridized carbons (Fsp3) is 0.261. The molecular formula is C23H23N5O3. The molecule has 0 saturated heterocycles. The lowest BCUT2D eigenvalue weighted by molar-refractivity contribution is -0.384. The van der Waals surface area contributed by atoms with Crippen LogP contribution in [0.15, 0.2) is 60.8 Å². The number of amides is 1. The Balaban J connectivity index is 1.43. The van der Waals surface area contributed by atoms with Crippen molar-refractivity contribution >= 4 is 17.7 Å². The molecule has 1 N–H and O–H groups in total. The summed E-state index contributed by atoms with van der Waals surface area (Å²) in [6.45, 7) is 0.309. The number of rotatable bonds is 7. The molecule has 1 aliphatic rings. The van der Waals surface area contributed by atoms with E-state index in [9.17, 15) is 14.9 Å². The van der Waals surface area contributed by atoms with E-state index in [4.69, 9.17) is 5.10 Å². The van der Waals surface area contributed by atoms with Gasteiger partial charge in [-0.3, -0.25) is 24.6 Å². The van der Waals surface area contributed by atoms with E-state index < -0.39 is 4.92 Å². The van der Waals surface area contributed by atoms with Crippen molar-refractivity contribution in [1.29, 1.82) is 0 Å². The number of nitro groups is 1. The predicted molar refractivity (Wildman–Crippen MR) is 117 cm³/mol. The summed E-state index contributed by atoms with van der Waals surface area (Å²) >= 11 is 0. The highest BCUT2D eigenvalue weighted by Gasteiger charge is 2.22. The molecule has 0 aliphatic heterocycles. The van der Waals surface area contributed by atoms with Crippen LogP contribution in [0.2, 0.25) is 0 Å². The second-order valence-electron chi connectivity index (χ2n) is 7.52. The van der Waals surface area contributed by atoms with Gasteiger partial charge < -0.3 is 5.32 Å². The molecule has 8 nitrogen and oxygen atoms in total. The van der Waals surface area contributed by atoms with Crippen molar-refractivity contribution in [1.82, 2.24) is 20.1 Å². The fourth-order valence-corrected chi connectivity index (χ4v) is 3.78. The highest BCUT2D eigenvalue weighted by Crippen LogP contribution is 2.33. The van der Waals surface area contributed by atoms with Crippen LogP contribution in [0.25, 0.3) is 17.5 Å². The Bertz CT molecular complexity index is 1080. The van der Waals surface area contributed by atoms with E-state index in [-0.39, 0.29) is 11.6 Å². The minimum absolute atomic E-state index is 0.0168. The van der Waals surface area contributed by atoms with Gasteiger partial charge in [-0.15, -0.1) is 0 Å². The molecule has 2 heterocycles. The zero-order chi connectivity index (χ0) is 21.6. The first-order valence-electron chi connectivity index (χ1n) is 10.3. The molecule has 2 aromatic heterocycles. The quantitative estimate of drug-likeness (QED) is 0.351. The van der Waals surface area contributed by atoms with E-state index in [0.29, 0.717) is 18.2 Å². The molecule has 8 heteroatoms. The molecule has 0 spiro atoms. The molecule has 1 fully saturated rings. The number of carbonyl (C=O) groups is 1. The Morgan fingerprint density at radius 3 is 2.65 bits per heavy atom. The second kappa shape index (κ2) is 9.34. The van der Waals surface area contributed by atoms with Crippen molar-refractivity contribution in [2.24, 2.45) is 0 Å². The third-order valence-corrected chi connectivity index (χ3v) is 5.36. The maximum Gasteiger partial charge on any atom is 0.269 e. The van der Waals surface area contributed by atoms with Gasteiger partial charge >= 0.3 is 0 Å². The number of hydrogen-bond donors (Lipinski definition) is 1. The van der Waals surface area contributed by atoms with Crippen LogP contribution in [-0.4, -0.2) is 25.6 Å². The Kier molecular flexibility index (Phi) is 6.16. The van der Waals surface area contributed by atoms with Crippen LogP contribution in [0, 0.1) is 10.1 Å². The third-order valence-electron chi connectivity index (χ3n) is 5.36.